The number of benzene rings is 1. The first-order valence-corrected chi connectivity index (χ1v) is 11.2. The van der Waals surface area contributed by atoms with Gasteiger partial charge >= 0.3 is 5.97 Å². The number of aliphatic carboxylic acids is 1. The molecule has 166 valence electrons. The minimum atomic E-state index is -0.718. The number of rotatable bonds is 10. The van der Waals surface area contributed by atoms with Gasteiger partial charge in [-0.3, -0.25) is 9.79 Å². The highest BCUT2D eigenvalue weighted by atomic mass is 35.5. The molecule has 30 heavy (non-hydrogen) atoms. The van der Waals surface area contributed by atoms with E-state index in [1.807, 2.05) is 37.3 Å². The standard InChI is InChI=1S/C24H35ClN2O3/c1-4-10-24(14-12-23(3,13-15-24)11-9-22(28)29)30-17-21(16-18(2)26)27-20-7-5-19(25)6-8-20/h5-8,16H,4,9-15,17,26H2,1-3H3,(H,28,29). The van der Waals surface area contributed by atoms with E-state index in [0.717, 1.165) is 56.3 Å². The van der Waals surface area contributed by atoms with Gasteiger partial charge in [0.25, 0.3) is 0 Å². The predicted molar refractivity (Wildman–Crippen MR) is 124 cm³/mol. The van der Waals surface area contributed by atoms with Crippen LogP contribution in [0.3, 0.4) is 0 Å². The molecule has 3 N–H and O–H groups in total. The molecule has 0 atom stereocenters. The summed E-state index contributed by atoms with van der Waals surface area (Å²) in [7, 11) is 0. The van der Waals surface area contributed by atoms with Crippen LogP contribution in [0.4, 0.5) is 5.69 Å². The molecular formula is C24H35ClN2O3. The van der Waals surface area contributed by atoms with E-state index < -0.39 is 5.97 Å². The number of aliphatic imine (C=N–C) groups is 1. The maximum atomic E-state index is 11.0. The van der Waals surface area contributed by atoms with Gasteiger partial charge in [-0.1, -0.05) is 31.9 Å². The van der Waals surface area contributed by atoms with Crippen LogP contribution in [0.2, 0.25) is 5.02 Å². The van der Waals surface area contributed by atoms with E-state index in [-0.39, 0.29) is 17.4 Å². The molecule has 0 unspecified atom stereocenters. The molecule has 2 rings (SSSR count). The summed E-state index contributed by atoms with van der Waals surface area (Å²) in [5, 5.41) is 9.71. The highest BCUT2D eigenvalue weighted by molar-refractivity contribution is 6.30. The second-order valence-electron chi connectivity index (χ2n) is 8.89. The van der Waals surface area contributed by atoms with Crippen molar-refractivity contribution in [3.05, 3.63) is 41.1 Å². The summed E-state index contributed by atoms with van der Waals surface area (Å²) in [5.74, 6) is -0.718. The van der Waals surface area contributed by atoms with Crippen LogP contribution in [-0.4, -0.2) is 29.0 Å². The summed E-state index contributed by atoms with van der Waals surface area (Å²) < 4.78 is 6.52. The largest absolute Gasteiger partial charge is 0.481 e. The lowest BCUT2D eigenvalue weighted by atomic mass is 9.66. The number of allylic oxidation sites excluding steroid dienone is 1. The first-order valence-electron chi connectivity index (χ1n) is 10.8. The summed E-state index contributed by atoms with van der Waals surface area (Å²) in [4.78, 5) is 15.7. The fourth-order valence-corrected chi connectivity index (χ4v) is 4.29. The van der Waals surface area contributed by atoms with Crippen LogP contribution in [0.5, 0.6) is 0 Å². The van der Waals surface area contributed by atoms with Gasteiger partial charge in [0.2, 0.25) is 0 Å². The Balaban J connectivity index is 2.10. The third-order valence-electron chi connectivity index (χ3n) is 6.04. The van der Waals surface area contributed by atoms with Crippen molar-refractivity contribution in [2.24, 2.45) is 16.1 Å². The van der Waals surface area contributed by atoms with E-state index in [4.69, 9.17) is 32.2 Å². The minimum Gasteiger partial charge on any atom is -0.481 e. The van der Waals surface area contributed by atoms with Crippen LogP contribution < -0.4 is 5.73 Å². The first kappa shape index (κ1) is 24.4. The number of halogens is 1. The van der Waals surface area contributed by atoms with Gasteiger partial charge in [0, 0.05) is 17.1 Å². The van der Waals surface area contributed by atoms with E-state index in [1.165, 1.54) is 0 Å². The molecule has 1 fully saturated rings. The van der Waals surface area contributed by atoms with Gasteiger partial charge in [-0.05, 0) is 81.2 Å². The second-order valence-corrected chi connectivity index (χ2v) is 9.33. The van der Waals surface area contributed by atoms with Crippen LogP contribution in [0.25, 0.3) is 0 Å². The zero-order chi connectivity index (χ0) is 22.2. The summed E-state index contributed by atoms with van der Waals surface area (Å²) in [6.45, 7) is 6.62. The monoisotopic (exact) mass is 434 g/mol. The molecule has 0 radical (unpaired) electrons. The Kier molecular flexibility index (Phi) is 8.92. The molecule has 5 nitrogen and oxygen atoms in total. The smallest absolute Gasteiger partial charge is 0.303 e. The van der Waals surface area contributed by atoms with E-state index in [9.17, 15) is 4.79 Å². The molecule has 0 spiro atoms. The molecule has 0 aromatic heterocycles. The third kappa shape index (κ3) is 7.77. The quantitative estimate of drug-likeness (QED) is 0.424. The average molecular weight is 435 g/mol. The summed E-state index contributed by atoms with van der Waals surface area (Å²) in [6, 6.07) is 7.38. The molecule has 1 aliphatic carbocycles. The summed E-state index contributed by atoms with van der Waals surface area (Å²) in [5.41, 5.74) is 8.09. The van der Waals surface area contributed by atoms with Gasteiger partial charge in [-0.25, -0.2) is 0 Å². The number of nitrogens with two attached hydrogens (primary N) is 1. The van der Waals surface area contributed by atoms with Crippen LogP contribution in [0.1, 0.15) is 72.1 Å². The van der Waals surface area contributed by atoms with Crippen LogP contribution in [-0.2, 0) is 9.53 Å². The average Bonchev–Trinajstić information content (AvgIpc) is 2.69. The maximum absolute atomic E-state index is 11.0. The predicted octanol–water partition coefficient (Wildman–Crippen LogP) is 6.28. The number of carbonyl (C=O) groups is 1. The maximum Gasteiger partial charge on any atom is 0.303 e. The van der Waals surface area contributed by atoms with E-state index >= 15 is 0 Å². The van der Waals surface area contributed by atoms with Gasteiger partial charge in [0.15, 0.2) is 0 Å². The number of ether oxygens (including phenoxy) is 1. The number of hydrogen-bond donors (Lipinski definition) is 2. The highest BCUT2D eigenvalue weighted by Crippen LogP contribution is 2.46. The van der Waals surface area contributed by atoms with Crippen molar-refractivity contribution in [3.63, 3.8) is 0 Å². The number of carboxylic acids is 1. The van der Waals surface area contributed by atoms with Gasteiger partial charge in [-0.15, -0.1) is 0 Å². The topological polar surface area (TPSA) is 84.9 Å². The molecule has 0 aliphatic heterocycles. The lowest BCUT2D eigenvalue weighted by Crippen LogP contribution is -2.41. The number of nitrogens with zero attached hydrogens (tertiary/aromatic N) is 1. The Hall–Kier alpha value is -1.85. The SMILES string of the molecule is CCCC1(OCC(C=C(C)N)=Nc2ccc(Cl)cc2)CCC(C)(CCC(=O)O)CC1. The van der Waals surface area contributed by atoms with E-state index in [1.54, 1.807) is 0 Å². The molecule has 1 saturated carbocycles. The first-order chi connectivity index (χ1) is 14.2. The van der Waals surface area contributed by atoms with Crippen molar-refractivity contribution in [2.45, 2.75) is 77.7 Å². The summed E-state index contributed by atoms with van der Waals surface area (Å²) in [6.07, 6.45) is 8.69. The molecule has 0 saturated heterocycles. The van der Waals surface area contributed by atoms with Crippen molar-refractivity contribution in [1.82, 2.24) is 0 Å². The molecule has 0 heterocycles. The van der Waals surface area contributed by atoms with Crippen LogP contribution >= 0.6 is 11.6 Å². The number of carboxylic acid groups (broad SMARTS) is 1. The van der Waals surface area contributed by atoms with Crippen molar-refractivity contribution in [1.29, 1.82) is 0 Å². The zero-order valence-corrected chi connectivity index (χ0v) is 19.2. The van der Waals surface area contributed by atoms with Gasteiger partial charge < -0.3 is 15.6 Å². The zero-order valence-electron chi connectivity index (χ0n) is 18.4. The molecule has 1 aromatic carbocycles. The highest BCUT2D eigenvalue weighted by Gasteiger charge is 2.40. The van der Waals surface area contributed by atoms with Crippen molar-refractivity contribution in [2.75, 3.05) is 6.61 Å². The molecular weight excluding hydrogens is 400 g/mol. The van der Waals surface area contributed by atoms with Gasteiger partial charge in [0.1, 0.15) is 0 Å². The molecule has 1 aliphatic rings. The Labute approximate surface area is 185 Å². The Morgan fingerprint density at radius 2 is 1.87 bits per heavy atom. The summed E-state index contributed by atoms with van der Waals surface area (Å²) >= 11 is 5.97. The van der Waals surface area contributed by atoms with Gasteiger partial charge in [0.05, 0.1) is 23.6 Å². The number of hydrogen-bond acceptors (Lipinski definition) is 4. The fraction of sp³-hybridized carbons (Fsp3) is 0.583. The minimum absolute atomic E-state index is 0.0764. The second kappa shape index (κ2) is 11.0. The van der Waals surface area contributed by atoms with Crippen molar-refractivity contribution < 1.29 is 14.6 Å². The molecule has 0 amide bonds. The van der Waals surface area contributed by atoms with Crippen LogP contribution in [0, 0.1) is 5.41 Å². The Morgan fingerprint density at radius 1 is 1.23 bits per heavy atom. The van der Waals surface area contributed by atoms with Crippen molar-refractivity contribution in [3.8, 4) is 0 Å². The lowest BCUT2D eigenvalue weighted by molar-refractivity contribution is -0.138. The van der Waals surface area contributed by atoms with E-state index in [2.05, 4.69) is 13.8 Å². The van der Waals surface area contributed by atoms with Gasteiger partial charge in [-0.2, -0.15) is 0 Å². The van der Waals surface area contributed by atoms with E-state index in [0.29, 0.717) is 17.3 Å². The molecule has 1 aromatic rings. The Bertz CT molecular complexity index is 759. The molecule has 0 bridgehead atoms. The van der Waals surface area contributed by atoms with Crippen molar-refractivity contribution >= 4 is 29.0 Å². The van der Waals surface area contributed by atoms with Crippen LogP contribution in [0.15, 0.2) is 41.0 Å². The lowest BCUT2D eigenvalue weighted by Gasteiger charge is -2.45. The third-order valence-corrected chi connectivity index (χ3v) is 6.29. The molecule has 6 heteroatoms. The Morgan fingerprint density at radius 3 is 2.40 bits per heavy atom. The normalized spacial score (nSPS) is 25.3. The fourth-order valence-electron chi connectivity index (χ4n) is 4.17.